The van der Waals surface area contributed by atoms with Gasteiger partial charge < -0.3 is 36.1 Å². The number of hydrogen-bond acceptors (Lipinski definition) is 8. The van der Waals surface area contributed by atoms with E-state index >= 15 is 0 Å². The van der Waals surface area contributed by atoms with Crippen LogP contribution in [0.3, 0.4) is 0 Å². The van der Waals surface area contributed by atoms with Gasteiger partial charge in [-0.2, -0.15) is 0 Å². The van der Waals surface area contributed by atoms with Crippen molar-refractivity contribution in [3.63, 3.8) is 0 Å². The van der Waals surface area contributed by atoms with Crippen molar-refractivity contribution >= 4 is 17.5 Å². The number of nitrogens with zero attached hydrogens (tertiary/aromatic N) is 2. The Labute approximate surface area is 246 Å². The third kappa shape index (κ3) is 8.41. The van der Waals surface area contributed by atoms with Gasteiger partial charge >= 0.3 is 0 Å². The van der Waals surface area contributed by atoms with Crippen LogP contribution in [-0.4, -0.2) is 108 Å². The molecule has 4 rings (SSSR count). The lowest BCUT2D eigenvalue weighted by Gasteiger charge is -2.35. The highest BCUT2D eigenvalue weighted by molar-refractivity contribution is 5.97. The summed E-state index contributed by atoms with van der Waals surface area (Å²) in [6, 6.07) is 4.76. The van der Waals surface area contributed by atoms with E-state index < -0.39 is 0 Å². The summed E-state index contributed by atoms with van der Waals surface area (Å²) in [6.45, 7) is 14.6. The Kier molecular flexibility index (Phi) is 11.8. The maximum absolute atomic E-state index is 13.7. The van der Waals surface area contributed by atoms with E-state index in [4.69, 9.17) is 15.2 Å². The van der Waals surface area contributed by atoms with Crippen LogP contribution in [0.15, 0.2) is 12.1 Å². The fourth-order valence-electron chi connectivity index (χ4n) is 6.48. The molecule has 230 valence electrons. The van der Waals surface area contributed by atoms with Crippen LogP contribution >= 0.6 is 0 Å². The SMILES string of the molecule is Cc1c(C(=O)NCC2C(=O)NC(C)CC2C)cc(C(CN)CNCCN2CCOCC2)cc1N(C)C1CCOCC1. The Balaban J connectivity index is 1.50. The van der Waals surface area contributed by atoms with Crippen molar-refractivity contribution in [1.29, 1.82) is 0 Å². The average Bonchev–Trinajstić information content (AvgIpc) is 2.97. The molecular weight excluding hydrogens is 520 g/mol. The number of carbonyl (C=O) groups is 2. The summed E-state index contributed by atoms with van der Waals surface area (Å²) in [5, 5.41) is 9.74. The van der Waals surface area contributed by atoms with Crippen LogP contribution in [0.25, 0.3) is 0 Å². The first kappa shape index (κ1) is 31.7. The first-order valence-corrected chi connectivity index (χ1v) is 15.5. The van der Waals surface area contributed by atoms with E-state index in [0.717, 1.165) is 95.2 Å². The number of rotatable bonds is 12. The van der Waals surface area contributed by atoms with Gasteiger partial charge in [-0.25, -0.2) is 0 Å². The number of anilines is 1. The molecule has 1 aromatic rings. The molecule has 0 radical (unpaired) electrons. The van der Waals surface area contributed by atoms with E-state index in [1.54, 1.807) is 0 Å². The number of nitrogens with two attached hydrogens (primary N) is 1. The molecule has 4 unspecified atom stereocenters. The van der Waals surface area contributed by atoms with Gasteiger partial charge in [0.1, 0.15) is 0 Å². The summed E-state index contributed by atoms with van der Waals surface area (Å²) in [5.74, 6) is -0.0596. The summed E-state index contributed by atoms with van der Waals surface area (Å²) in [5.41, 5.74) is 10.0. The zero-order valence-electron chi connectivity index (χ0n) is 25.5. The lowest BCUT2D eigenvalue weighted by atomic mass is 9.84. The Bertz CT molecular complexity index is 1010. The van der Waals surface area contributed by atoms with Gasteiger partial charge in [-0.15, -0.1) is 0 Å². The molecular formula is C31H52N6O4. The second-order valence-corrected chi connectivity index (χ2v) is 12.2. The molecule has 5 N–H and O–H groups in total. The molecule has 0 spiro atoms. The summed E-state index contributed by atoms with van der Waals surface area (Å²) >= 11 is 0. The number of piperidine rings is 1. The standard InChI is InChI=1S/C31H52N6O4/c1-21-15-22(2)35-31(39)28(21)20-34-30(38)27-16-24(17-29(23(27)3)36(4)26-5-11-40-12-6-26)25(18-32)19-33-7-8-37-9-13-41-14-10-37/h16-17,21-22,25-26,28,33H,5-15,18-20,32H2,1-4H3,(H,34,38)(H,35,39). The smallest absolute Gasteiger partial charge is 0.251 e. The highest BCUT2D eigenvalue weighted by atomic mass is 16.5. The van der Waals surface area contributed by atoms with E-state index in [1.165, 1.54) is 0 Å². The van der Waals surface area contributed by atoms with E-state index in [2.05, 4.69) is 45.8 Å². The molecule has 4 atom stereocenters. The minimum Gasteiger partial charge on any atom is -0.381 e. The number of nitrogens with one attached hydrogen (secondary N) is 3. The van der Waals surface area contributed by atoms with Crippen LogP contribution in [-0.2, 0) is 14.3 Å². The second kappa shape index (κ2) is 15.3. The molecule has 2 amide bonds. The van der Waals surface area contributed by atoms with Crippen molar-refractivity contribution in [2.45, 2.75) is 58.0 Å². The number of ether oxygens (including phenoxy) is 2. The minimum absolute atomic E-state index is 0.0216. The monoisotopic (exact) mass is 572 g/mol. The first-order valence-electron chi connectivity index (χ1n) is 15.5. The Morgan fingerprint density at radius 1 is 1.17 bits per heavy atom. The number of benzene rings is 1. The van der Waals surface area contributed by atoms with Gasteiger partial charge in [0.15, 0.2) is 0 Å². The molecule has 3 fully saturated rings. The number of morpholine rings is 1. The number of amides is 2. The molecule has 41 heavy (non-hydrogen) atoms. The quantitative estimate of drug-likeness (QED) is 0.278. The molecule has 0 bridgehead atoms. The topological polar surface area (TPSA) is 121 Å². The zero-order valence-corrected chi connectivity index (χ0v) is 25.5. The zero-order chi connectivity index (χ0) is 29.4. The summed E-state index contributed by atoms with van der Waals surface area (Å²) < 4.78 is 11.1. The summed E-state index contributed by atoms with van der Waals surface area (Å²) in [4.78, 5) is 31.1. The molecule has 1 aromatic carbocycles. The predicted octanol–water partition coefficient (Wildman–Crippen LogP) is 1.46. The summed E-state index contributed by atoms with van der Waals surface area (Å²) in [7, 11) is 2.12. The van der Waals surface area contributed by atoms with Crippen molar-refractivity contribution in [3.8, 4) is 0 Å². The van der Waals surface area contributed by atoms with Crippen LogP contribution in [0.1, 0.15) is 60.5 Å². The maximum Gasteiger partial charge on any atom is 0.251 e. The molecule has 3 aliphatic rings. The van der Waals surface area contributed by atoms with Gasteiger partial charge in [0.2, 0.25) is 5.91 Å². The van der Waals surface area contributed by atoms with Gasteiger partial charge in [-0.3, -0.25) is 14.5 Å². The third-order valence-corrected chi connectivity index (χ3v) is 9.24. The Morgan fingerprint density at radius 3 is 2.56 bits per heavy atom. The number of carbonyl (C=O) groups excluding carboxylic acids is 2. The van der Waals surface area contributed by atoms with Crippen molar-refractivity contribution in [2.24, 2.45) is 17.6 Å². The Hall–Kier alpha value is -2.24. The first-order chi connectivity index (χ1) is 19.8. The largest absolute Gasteiger partial charge is 0.381 e. The molecule has 10 nitrogen and oxygen atoms in total. The molecule has 3 saturated heterocycles. The lowest BCUT2D eigenvalue weighted by Crippen LogP contribution is -2.50. The van der Waals surface area contributed by atoms with E-state index in [1.807, 2.05) is 19.9 Å². The van der Waals surface area contributed by atoms with Gasteiger partial charge in [0, 0.05) is 95.3 Å². The van der Waals surface area contributed by atoms with Crippen molar-refractivity contribution < 1.29 is 19.1 Å². The summed E-state index contributed by atoms with van der Waals surface area (Å²) in [6.07, 6.45) is 2.83. The van der Waals surface area contributed by atoms with Crippen molar-refractivity contribution in [2.75, 3.05) is 84.2 Å². The molecule has 3 heterocycles. The van der Waals surface area contributed by atoms with Crippen LogP contribution in [0.5, 0.6) is 0 Å². The molecule has 3 aliphatic heterocycles. The van der Waals surface area contributed by atoms with Gasteiger partial charge in [-0.1, -0.05) is 6.92 Å². The predicted molar refractivity (Wildman–Crippen MR) is 163 cm³/mol. The second-order valence-electron chi connectivity index (χ2n) is 12.2. The van der Waals surface area contributed by atoms with Crippen LogP contribution in [0.4, 0.5) is 5.69 Å². The molecule has 0 aromatic heterocycles. The van der Waals surface area contributed by atoms with Crippen molar-refractivity contribution in [3.05, 3.63) is 28.8 Å². The Morgan fingerprint density at radius 2 is 1.88 bits per heavy atom. The highest BCUT2D eigenvalue weighted by Crippen LogP contribution is 2.32. The molecule has 10 heteroatoms. The minimum atomic E-state index is -0.226. The third-order valence-electron chi connectivity index (χ3n) is 9.24. The van der Waals surface area contributed by atoms with Gasteiger partial charge in [0.05, 0.1) is 19.1 Å². The van der Waals surface area contributed by atoms with E-state index in [9.17, 15) is 9.59 Å². The van der Waals surface area contributed by atoms with E-state index in [-0.39, 0.29) is 35.6 Å². The number of hydrogen-bond donors (Lipinski definition) is 4. The fraction of sp³-hybridized carbons (Fsp3) is 0.742. The van der Waals surface area contributed by atoms with Crippen LogP contribution in [0.2, 0.25) is 0 Å². The van der Waals surface area contributed by atoms with Gasteiger partial charge in [-0.05, 0) is 62.3 Å². The molecule has 0 aliphatic carbocycles. The average molecular weight is 573 g/mol. The van der Waals surface area contributed by atoms with E-state index in [0.29, 0.717) is 24.7 Å². The molecule has 0 saturated carbocycles. The normalized spacial score (nSPS) is 25.0. The fourth-order valence-corrected chi connectivity index (χ4v) is 6.48. The van der Waals surface area contributed by atoms with Crippen LogP contribution < -0.4 is 26.6 Å². The lowest BCUT2D eigenvalue weighted by molar-refractivity contribution is -0.129. The van der Waals surface area contributed by atoms with Crippen LogP contribution in [0, 0.1) is 18.8 Å². The van der Waals surface area contributed by atoms with Crippen molar-refractivity contribution in [1.82, 2.24) is 20.9 Å². The highest BCUT2D eigenvalue weighted by Gasteiger charge is 2.33. The van der Waals surface area contributed by atoms with Gasteiger partial charge in [0.25, 0.3) is 5.91 Å². The maximum atomic E-state index is 13.7.